The highest BCUT2D eigenvalue weighted by atomic mass is 16.2. The molecule has 1 aromatic carbocycles. The third-order valence-electron chi connectivity index (χ3n) is 3.84. The van der Waals surface area contributed by atoms with Gasteiger partial charge in [0.05, 0.1) is 0 Å². The van der Waals surface area contributed by atoms with Crippen LogP contribution < -0.4 is 10.6 Å². The fourth-order valence-electron chi connectivity index (χ4n) is 2.41. The van der Waals surface area contributed by atoms with Crippen LogP contribution in [-0.2, 0) is 16.1 Å². The minimum Gasteiger partial charge on any atom is -0.352 e. The molecule has 1 fully saturated rings. The molecule has 0 spiro atoms. The van der Waals surface area contributed by atoms with Crippen LogP contribution in [0.3, 0.4) is 0 Å². The van der Waals surface area contributed by atoms with Crippen LogP contribution in [-0.4, -0.2) is 34.8 Å². The summed E-state index contributed by atoms with van der Waals surface area (Å²) < 4.78 is 0. The normalized spacial score (nSPS) is 16.4. The lowest BCUT2D eigenvalue weighted by atomic mass is 10.1. The molecule has 0 unspecified atom stereocenters. The second kappa shape index (κ2) is 6.81. The van der Waals surface area contributed by atoms with Crippen LogP contribution >= 0.6 is 0 Å². The number of hydrogen-bond donors (Lipinski definition) is 2. The van der Waals surface area contributed by atoms with Gasteiger partial charge in [0.25, 0.3) is 5.91 Å². The van der Waals surface area contributed by atoms with E-state index in [2.05, 4.69) is 10.6 Å². The van der Waals surface area contributed by atoms with Crippen LogP contribution in [0.5, 0.6) is 0 Å². The van der Waals surface area contributed by atoms with Crippen molar-refractivity contribution in [3.63, 3.8) is 0 Å². The molecular formula is C17H23N3O3. The number of nitrogens with zero attached hydrogens (tertiary/aromatic N) is 1. The van der Waals surface area contributed by atoms with Crippen molar-refractivity contribution in [2.45, 2.75) is 45.7 Å². The number of imide groups is 1. The summed E-state index contributed by atoms with van der Waals surface area (Å²) >= 11 is 0. The predicted octanol–water partition coefficient (Wildman–Crippen LogP) is 1.72. The maximum atomic E-state index is 12.0. The second-order valence-corrected chi connectivity index (χ2v) is 6.38. The van der Waals surface area contributed by atoms with Gasteiger partial charge >= 0.3 is 6.03 Å². The van der Waals surface area contributed by atoms with Gasteiger partial charge in [-0.1, -0.05) is 29.8 Å². The highest BCUT2D eigenvalue weighted by Gasteiger charge is 2.43. The Morgan fingerprint density at radius 2 is 1.87 bits per heavy atom. The summed E-state index contributed by atoms with van der Waals surface area (Å²) in [5.74, 6) is -0.334. The summed E-state index contributed by atoms with van der Waals surface area (Å²) in [6, 6.07) is 7.57. The molecule has 0 saturated carbocycles. The lowest BCUT2D eigenvalue weighted by molar-refractivity contribution is -0.130. The van der Waals surface area contributed by atoms with Gasteiger partial charge in [-0.3, -0.25) is 14.5 Å². The minimum atomic E-state index is -0.856. The van der Waals surface area contributed by atoms with Gasteiger partial charge in [-0.15, -0.1) is 0 Å². The summed E-state index contributed by atoms with van der Waals surface area (Å²) in [7, 11) is 0. The van der Waals surface area contributed by atoms with Crippen LogP contribution in [0.1, 0.15) is 37.8 Å². The maximum absolute atomic E-state index is 12.0. The SMILES string of the molecule is Cc1ccc(CNC(=O)CCCN2C(=O)NC(C)(C)C2=O)cc1. The smallest absolute Gasteiger partial charge is 0.325 e. The third-order valence-corrected chi connectivity index (χ3v) is 3.84. The molecule has 124 valence electrons. The van der Waals surface area contributed by atoms with E-state index in [1.165, 1.54) is 10.5 Å². The average Bonchev–Trinajstić information content (AvgIpc) is 2.68. The number of nitrogens with one attached hydrogen (secondary N) is 2. The molecule has 1 aliphatic heterocycles. The van der Waals surface area contributed by atoms with Gasteiger partial charge in [0.1, 0.15) is 5.54 Å². The van der Waals surface area contributed by atoms with E-state index in [-0.39, 0.29) is 30.8 Å². The first-order valence-electron chi connectivity index (χ1n) is 7.76. The molecule has 1 saturated heterocycles. The molecule has 0 aromatic heterocycles. The van der Waals surface area contributed by atoms with E-state index in [0.717, 1.165) is 5.56 Å². The number of aryl methyl sites for hydroxylation is 1. The fraction of sp³-hybridized carbons (Fsp3) is 0.471. The number of benzene rings is 1. The molecule has 0 atom stereocenters. The van der Waals surface area contributed by atoms with Crippen molar-refractivity contribution in [3.8, 4) is 0 Å². The molecule has 1 heterocycles. The molecule has 0 radical (unpaired) electrons. The monoisotopic (exact) mass is 317 g/mol. The van der Waals surface area contributed by atoms with E-state index >= 15 is 0 Å². The number of rotatable bonds is 6. The summed E-state index contributed by atoms with van der Waals surface area (Å²) in [5.41, 5.74) is 1.36. The Hall–Kier alpha value is -2.37. The van der Waals surface area contributed by atoms with E-state index in [4.69, 9.17) is 0 Å². The zero-order valence-electron chi connectivity index (χ0n) is 13.8. The molecule has 2 rings (SSSR count). The van der Waals surface area contributed by atoms with Gasteiger partial charge in [0.2, 0.25) is 5.91 Å². The first-order chi connectivity index (χ1) is 10.8. The minimum absolute atomic E-state index is 0.0862. The van der Waals surface area contributed by atoms with Crippen LogP contribution in [0.2, 0.25) is 0 Å². The number of amides is 4. The molecule has 6 nitrogen and oxygen atoms in total. The Balaban J connectivity index is 1.72. The third kappa shape index (κ3) is 4.31. The molecule has 1 aromatic rings. The van der Waals surface area contributed by atoms with Crippen molar-refractivity contribution in [1.82, 2.24) is 15.5 Å². The number of carbonyl (C=O) groups excluding carboxylic acids is 3. The van der Waals surface area contributed by atoms with E-state index in [0.29, 0.717) is 13.0 Å². The first kappa shape index (κ1) is 17.0. The van der Waals surface area contributed by atoms with Gasteiger partial charge in [-0.05, 0) is 32.8 Å². The van der Waals surface area contributed by atoms with Gasteiger partial charge in [-0.25, -0.2) is 4.79 Å². The quantitative estimate of drug-likeness (QED) is 0.784. The van der Waals surface area contributed by atoms with Gasteiger partial charge in [0, 0.05) is 19.5 Å². The van der Waals surface area contributed by atoms with Crippen LogP contribution in [0.15, 0.2) is 24.3 Å². The standard InChI is InChI=1S/C17H23N3O3/c1-12-6-8-13(9-7-12)11-18-14(21)5-4-10-20-15(22)17(2,3)19-16(20)23/h6-9H,4-5,10-11H2,1-3H3,(H,18,21)(H,19,23). The van der Waals surface area contributed by atoms with E-state index < -0.39 is 5.54 Å². The average molecular weight is 317 g/mol. The fourth-order valence-corrected chi connectivity index (χ4v) is 2.41. The number of urea groups is 1. The van der Waals surface area contributed by atoms with Gasteiger partial charge in [0.15, 0.2) is 0 Å². The Labute approximate surface area is 136 Å². The van der Waals surface area contributed by atoms with E-state index in [1.54, 1.807) is 13.8 Å². The Morgan fingerprint density at radius 3 is 2.43 bits per heavy atom. The largest absolute Gasteiger partial charge is 0.352 e. The van der Waals surface area contributed by atoms with Crippen molar-refractivity contribution in [1.29, 1.82) is 0 Å². The maximum Gasteiger partial charge on any atom is 0.325 e. The van der Waals surface area contributed by atoms with Crippen molar-refractivity contribution >= 4 is 17.8 Å². The molecule has 0 bridgehead atoms. The van der Waals surface area contributed by atoms with Crippen LogP contribution in [0.25, 0.3) is 0 Å². The molecule has 4 amide bonds. The van der Waals surface area contributed by atoms with Crippen molar-refractivity contribution in [2.75, 3.05) is 6.54 Å². The first-order valence-corrected chi connectivity index (χ1v) is 7.76. The molecule has 1 aliphatic rings. The van der Waals surface area contributed by atoms with E-state index in [1.807, 2.05) is 31.2 Å². The lowest BCUT2D eigenvalue weighted by Crippen LogP contribution is -2.40. The zero-order valence-corrected chi connectivity index (χ0v) is 13.8. The van der Waals surface area contributed by atoms with Crippen LogP contribution in [0.4, 0.5) is 4.79 Å². The molecule has 23 heavy (non-hydrogen) atoms. The molecule has 0 aliphatic carbocycles. The van der Waals surface area contributed by atoms with Crippen molar-refractivity contribution in [3.05, 3.63) is 35.4 Å². The highest BCUT2D eigenvalue weighted by Crippen LogP contribution is 2.16. The highest BCUT2D eigenvalue weighted by molar-refractivity contribution is 6.06. The Morgan fingerprint density at radius 1 is 1.22 bits per heavy atom. The van der Waals surface area contributed by atoms with Crippen molar-refractivity contribution < 1.29 is 14.4 Å². The van der Waals surface area contributed by atoms with E-state index in [9.17, 15) is 14.4 Å². The Kier molecular flexibility index (Phi) is 5.03. The summed E-state index contributed by atoms with van der Waals surface area (Å²) in [6.45, 7) is 6.09. The number of hydrogen-bond acceptors (Lipinski definition) is 3. The summed E-state index contributed by atoms with van der Waals surface area (Å²) in [5, 5.41) is 5.46. The molecule has 2 N–H and O–H groups in total. The molecule has 6 heteroatoms. The van der Waals surface area contributed by atoms with Crippen molar-refractivity contribution in [2.24, 2.45) is 0 Å². The Bertz CT molecular complexity index is 608. The predicted molar refractivity (Wildman–Crippen MR) is 86.6 cm³/mol. The molecular weight excluding hydrogens is 294 g/mol. The zero-order chi connectivity index (χ0) is 17.0. The summed E-state index contributed by atoms with van der Waals surface area (Å²) in [6.07, 6.45) is 0.734. The second-order valence-electron chi connectivity index (χ2n) is 6.38. The van der Waals surface area contributed by atoms with Gasteiger partial charge in [-0.2, -0.15) is 0 Å². The summed E-state index contributed by atoms with van der Waals surface area (Å²) in [4.78, 5) is 36.7. The van der Waals surface area contributed by atoms with Crippen LogP contribution in [0, 0.1) is 6.92 Å². The topological polar surface area (TPSA) is 78.5 Å². The van der Waals surface area contributed by atoms with Gasteiger partial charge < -0.3 is 10.6 Å². The lowest BCUT2D eigenvalue weighted by Gasteiger charge is -2.15. The number of carbonyl (C=O) groups is 3.